The summed E-state index contributed by atoms with van der Waals surface area (Å²) in [5.74, 6) is -1.12. The van der Waals surface area contributed by atoms with Crippen molar-refractivity contribution in [1.82, 2.24) is 0 Å². The Morgan fingerprint density at radius 2 is 1.32 bits per heavy atom. The molecule has 0 heterocycles. The largest absolute Gasteiger partial charge is 0.481 e. The van der Waals surface area contributed by atoms with Gasteiger partial charge in [0.2, 0.25) is 0 Å². The molecule has 0 aromatic heterocycles. The van der Waals surface area contributed by atoms with Crippen molar-refractivity contribution in [3.63, 3.8) is 0 Å². The molecule has 28 heavy (non-hydrogen) atoms. The minimum atomic E-state index is -4.62. The third-order valence-electron chi connectivity index (χ3n) is 3.69. The summed E-state index contributed by atoms with van der Waals surface area (Å²) in [6, 6.07) is 8.36. The number of benzene rings is 2. The van der Waals surface area contributed by atoms with Crippen LogP contribution in [-0.2, 0) is 17.1 Å². The summed E-state index contributed by atoms with van der Waals surface area (Å²) in [5.41, 5.74) is -1.70. The SMILES string of the molecule is O=C(O)C/C=C\C=C(c1cccc(C(F)(F)F)c1)c1cccc(C(F)(F)F)c1. The molecule has 0 saturated heterocycles. The molecule has 8 heteroatoms. The second-order valence-electron chi connectivity index (χ2n) is 5.76. The number of carboxylic acids is 1. The van der Waals surface area contributed by atoms with E-state index in [1.54, 1.807) is 0 Å². The number of allylic oxidation sites excluding steroid dienone is 2. The topological polar surface area (TPSA) is 37.3 Å². The molecule has 2 nitrogen and oxygen atoms in total. The molecule has 0 aliphatic heterocycles. The van der Waals surface area contributed by atoms with Crippen LogP contribution in [0.1, 0.15) is 28.7 Å². The van der Waals surface area contributed by atoms with E-state index >= 15 is 0 Å². The zero-order chi connectivity index (χ0) is 20.9. The van der Waals surface area contributed by atoms with E-state index < -0.39 is 29.4 Å². The fraction of sp³-hybridized carbons (Fsp3) is 0.150. The highest BCUT2D eigenvalue weighted by molar-refractivity contribution is 5.81. The summed E-state index contributed by atoms with van der Waals surface area (Å²) < 4.78 is 78.0. The van der Waals surface area contributed by atoms with Crippen molar-refractivity contribution in [3.05, 3.63) is 89.0 Å². The molecule has 0 amide bonds. The summed E-state index contributed by atoms with van der Waals surface area (Å²) >= 11 is 0. The maximum atomic E-state index is 13.0. The van der Waals surface area contributed by atoms with Crippen LogP contribution in [0.3, 0.4) is 0 Å². The van der Waals surface area contributed by atoms with E-state index in [0.717, 1.165) is 36.4 Å². The van der Waals surface area contributed by atoms with Gasteiger partial charge in [0.05, 0.1) is 17.5 Å². The number of alkyl halides is 6. The zero-order valence-corrected chi connectivity index (χ0v) is 14.2. The lowest BCUT2D eigenvalue weighted by Crippen LogP contribution is -2.06. The minimum absolute atomic E-state index is 0.0501. The predicted molar refractivity (Wildman–Crippen MR) is 91.4 cm³/mol. The van der Waals surface area contributed by atoms with Gasteiger partial charge in [0, 0.05) is 0 Å². The Kier molecular flexibility index (Phi) is 6.33. The third-order valence-corrected chi connectivity index (χ3v) is 3.69. The first-order valence-electron chi connectivity index (χ1n) is 7.92. The molecule has 0 aliphatic rings. The highest BCUT2D eigenvalue weighted by Crippen LogP contribution is 2.35. The normalized spacial score (nSPS) is 12.2. The van der Waals surface area contributed by atoms with Gasteiger partial charge >= 0.3 is 18.3 Å². The van der Waals surface area contributed by atoms with Crippen LogP contribution in [0.25, 0.3) is 5.57 Å². The van der Waals surface area contributed by atoms with Gasteiger partial charge in [-0.2, -0.15) is 26.3 Å². The van der Waals surface area contributed by atoms with Gasteiger partial charge in [-0.05, 0) is 41.0 Å². The highest BCUT2D eigenvalue weighted by Gasteiger charge is 2.32. The minimum Gasteiger partial charge on any atom is -0.481 e. The first kappa shape index (κ1) is 21.3. The van der Waals surface area contributed by atoms with Crippen LogP contribution < -0.4 is 0 Å². The molecule has 0 atom stereocenters. The average Bonchev–Trinajstić information content (AvgIpc) is 2.60. The van der Waals surface area contributed by atoms with Crippen molar-refractivity contribution in [2.75, 3.05) is 0 Å². The van der Waals surface area contributed by atoms with Crippen LogP contribution in [-0.4, -0.2) is 11.1 Å². The summed E-state index contributed by atoms with van der Waals surface area (Å²) in [5, 5.41) is 8.64. The van der Waals surface area contributed by atoms with E-state index in [-0.39, 0.29) is 23.1 Å². The molecule has 2 aromatic rings. The first-order valence-corrected chi connectivity index (χ1v) is 7.92. The van der Waals surface area contributed by atoms with Crippen LogP contribution in [0.2, 0.25) is 0 Å². The standard InChI is InChI=1S/C20H14F6O2/c21-19(22,23)15-7-3-5-13(11-15)17(9-1-2-10-18(27)28)14-6-4-8-16(12-14)20(24,25)26/h1-9,11-12H,10H2,(H,27,28)/b2-1-. The quantitative estimate of drug-likeness (QED) is 0.480. The van der Waals surface area contributed by atoms with E-state index in [9.17, 15) is 31.1 Å². The molecule has 0 bridgehead atoms. The zero-order valence-electron chi connectivity index (χ0n) is 14.2. The number of halogens is 6. The van der Waals surface area contributed by atoms with Gasteiger partial charge in [-0.1, -0.05) is 42.5 Å². The lowest BCUT2D eigenvalue weighted by atomic mass is 9.94. The Morgan fingerprint density at radius 1 is 0.857 bits per heavy atom. The van der Waals surface area contributed by atoms with Crippen LogP contribution in [0.5, 0.6) is 0 Å². The molecule has 0 spiro atoms. The fourth-order valence-electron chi connectivity index (χ4n) is 2.42. The first-order chi connectivity index (χ1) is 13.0. The van der Waals surface area contributed by atoms with Crippen molar-refractivity contribution in [2.24, 2.45) is 0 Å². The predicted octanol–water partition coefficient (Wildman–Crippen LogP) is 6.19. The molecule has 2 aromatic carbocycles. The second kappa shape index (κ2) is 8.33. The van der Waals surface area contributed by atoms with Gasteiger partial charge < -0.3 is 5.11 Å². The van der Waals surface area contributed by atoms with Crippen molar-refractivity contribution in [1.29, 1.82) is 0 Å². The molecule has 148 valence electrons. The van der Waals surface area contributed by atoms with Crippen LogP contribution in [0.4, 0.5) is 26.3 Å². The van der Waals surface area contributed by atoms with Crippen LogP contribution in [0.15, 0.2) is 66.8 Å². The summed E-state index contributed by atoms with van der Waals surface area (Å²) in [6.07, 6.45) is -5.77. The average molecular weight is 400 g/mol. The molecule has 2 rings (SSSR count). The van der Waals surface area contributed by atoms with Crippen LogP contribution in [0, 0.1) is 0 Å². The summed E-state index contributed by atoms with van der Waals surface area (Å²) in [7, 11) is 0. The molecule has 0 radical (unpaired) electrons. The van der Waals surface area contributed by atoms with Crippen molar-refractivity contribution < 1.29 is 36.2 Å². The molecular weight excluding hydrogens is 386 g/mol. The summed E-state index contributed by atoms with van der Waals surface area (Å²) in [4.78, 5) is 10.6. The number of hydrogen-bond acceptors (Lipinski definition) is 1. The monoisotopic (exact) mass is 400 g/mol. The number of aliphatic carboxylic acids is 1. The third kappa shape index (κ3) is 5.73. The molecule has 0 aliphatic carbocycles. The highest BCUT2D eigenvalue weighted by atomic mass is 19.4. The number of hydrogen-bond donors (Lipinski definition) is 1. The summed E-state index contributed by atoms with van der Waals surface area (Å²) in [6.45, 7) is 0. The van der Waals surface area contributed by atoms with Gasteiger partial charge in [0.1, 0.15) is 0 Å². The van der Waals surface area contributed by atoms with Crippen molar-refractivity contribution >= 4 is 11.5 Å². The van der Waals surface area contributed by atoms with E-state index in [1.165, 1.54) is 30.4 Å². The Labute approximate surface area is 156 Å². The van der Waals surface area contributed by atoms with Gasteiger partial charge in [-0.15, -0.1) is 0 Å². The van der Waals surface area contributed by atoms with E-state index in [0.29, 0.717) is 0 Å². The van der Waals surface area contributed by atoms with Crippen molar-refractivity contribution in [2.45, 2.75) is 18.8 Å². The van der Waals surface area contributed by atoms with E-state index in [2.05, 4.69) is 0 Å². The smallest absolute Gasteiger partial charge is 0.416 e. The maximum absolute atomic E-state index is 13.0. The Bertz CT molecular complexity index is 848. The van der Waals surface area contributed by atoms with E-state index in [1.807, 2.05) is 0 Å². The van der Waals surface area contributed by atoms with Gasteiger partial charge in [0.15, 0.2) is 0 Å². The number of carboxylic acid groups (broad SMARTS) is 1. The Hall–Kier alpha value is -3.03. The Morgan fingerprint density at radius 3 is 1.71 bits per heavy atom. The number of rotatable bonds is 5. The lowest BCUT2D eigenvalue weighted by molar-refractivity contribution is -0.138. The van der Waals surface area contributed by atoms with Gasteiger partial charge in [-0.25, -0.2) is 0 Å². The van der Waals surface area contributed by atoms with Crippen LogP contribution >= 0.6 is 0 Å². The van der Waals surface area contributed by atoms with E-state index in [4.69, 9.17) is 5.11 Å². The van der Waals surface area contributed by atoms with Gasteiger partial charge in [-0.3, -0.25) is 4.79 Å². The lowest BCUT2D eigenvalue weighted by Gasteiger charge is -2.14. The molecule has 0 saturated carbocycles. The second-order valence-corrected chi connectivity index (χ2v) is 5.76. The fourth-order valence-corrected chi connectivity index (χ4v) is 2.42. The van der Waals surface area contributed by atoms with Gasteiger partial charge in [0.25, 0.3) is 0 Å². The Balaban J connectivity index is 2.57. The number of carbonyl (C=O) groups is 1. The molecular formula is C20H14F6O2. The molecule has 1 N–H and O–H groups in total. The maximum Gasteiger partial charge on any atom is 0.416 e. The van der Waals surface area contributed by atoms with Crippen molar-refractivity contribution in [3.8, 4) is 0 Å². The molecule has 0 unspecified atom stereocenters. The molecule has 0 fully saturated rings.